The summed E-state index contributed by atoms with van der Waals surface area (Å²) in [5.41, 5.74) is 2.71. The topological polar surface area (TPSA) is 98.2 Å². The largest absolute Gasteiger partial charge is 0.507 e. The Morgan fingerprint density at radius 1 is 0.976 bits per heavy atom. The fourth-order valence-electron chi connectivity index (χ4n) is 4.88. The van der Waals surface area contributed by atoms with Crippen molar-refractivity contribution in [1.29, 1.82) is 0 Å². The van der Waals surface area contributed by atoms with Crippen molar-refractivity contribution >= 4 is 44.1 Å². The first kappa shape index (κ1) is 28.2. The van der Waals surface area contributed by atoms with Gasteiger partial charge in [-0.25, -0.2) is 4.98 Å². The second-order valence-corrected chi connectivity index (χ2v) is 10.8. The van der Waals surface area contributed by atoms with Gasteiger partial charge >= 0.3 is 5.91 Å². The molecule has 1 atom stereocenters. The lowest BCUT2D eigenvalue weighted by Crippen LogP contribution is -2.29. The molecule has 1 fully saturated rings. The molecule has 4 aromatic rings. The summed E-state index contributed by atoms with van der Waals surface area (Å²) >= 11 is 1.32. The summed E-state index contributed by atoms with van der Waals surface area (Å²) in [5, 5.41) is 11.8. The highest BCUT2D eigenvalue weighted by Crippen LogP contribution is 2.46. The molecule has 0 spiro atoms. The monoisotopic (exact) mass is 572 g/mol. The smallest absolute Gasteiger partial charge is 0.301 e. The normalized spacial score (nSPS) is 16.4. The summed E-state index contributed by atoms with van der Waals surface area (Å²) < 4.78 is 17.7. The van der Waals surface area contributed by atoms with Crippen LogP contribution in [0, 0.1) is 6.92 Å². The number of ketones is 1. The van der Waals surface area contributed by atoms with Crippen molar-refractivity contribution in [2.75, 3.05) is 25.7 Å². The zero-order valence-electron chi connectivity index (χ0n) is 23.5. The predicted molar refractivity (Wildman–Crippen MR) is 160 cm³/mol. The van der Waals surface area contributed by atoms with Crippen molar-refractivity contribution < 1.29 is 28.9 Å². The van der Waals surface area contributed by atoms with Crippen molar-refractivity contribution in [1.82, 2.24) is 4.98 Å². The number of carbonyl (C=O) groups is 2. The third-order valence-corrected chi connectivity index (χ3v) is 8.07. The third kappa shape index (κ3) is 5.50. The van der Waals surface area contributed by atoms with Crippen molar-refractivity contribution in [2.45, 2.75) is 39.2 Å². The molecule has 1 aromatic heterocycles. The highest BCUT2D eigenvalue weighted by Gasteiger charge is 2.48. The van der Waals surface area contributed by atoms with Crippen LogP contribution in [0.4, 0.5) is 5.13 Å². The van der Waals surface area contributed by atoms with Crippen LogP contribution < -0.4 is 19.1 Å². The first-order chi connectivity index (χ1) is 19.9. The molecule has 9 heteroatoms. The molecule has 1 N–H and O–H groups in total. The Morgan fingerprint density at radius 3 is 2.46 bits per heavy atom. The molecule has 1 aliphatic heterocycles. The van der Waals surface area contributed by atoms with Gasteiger partial charge in [-0.1, -0.05) is 43.2 Å². The number of fused-ring (bicyclic) bond motifs is 1. The van der Waals surface area contributed by atoms with E-state index in [1.54, 1.807) is 56.7 Å². The van der Waals surface area contributed by atoms with E-state index in [0.29, 0.717) is 40.1 Å². The van der Waals surface area contributed by atoms with E-state index in [1.165, 1.54) is 16.2 Å². The third-order valence-electron chi connectivity index (χ3n) is 7.06. The molecule has 1 aliphatic rings. The van der Waals surface area contributed by atoms with Crippen LogP contribution >= 0.6 is 11.3 Å². The van der Waals surface area contributed by atoms with Gasteiger partial charge in [0.15, 0.2) is 16.6 Å². The van der Waals surface area contributed by atoms with Gasteiger partial charge in [0, 0.05) is 5.56 Å². The van der Waals surface area contributed by atoms with Crippen LogP contribution in [0.3, 0.4) is 0 Å². The molecule has 0 aliphatic carbocycles. The summed E-state index contributed by atoms with van der Waals surface area (Å²) in [5.74, 6) is -0.210. The second-order valence-electron chi connectivity index (χ2n) is 9.83. The standard InChI is InChI=1S/C32H32N2O6S/c1-5-6-7-16-40-24-15-11-21(18-25(24)39-4)28-27(29(35)20-9-12-22(38-3)13-10-20)30(36)31(37)34(28)32-33-23-14-8-19(2)17-26(23)41-32/h8-15,17-18,28,35H,5-7,16H2,1-4H3. The number of anilines is 1. The number of aliphatic hydroxyl groups is 1. The van der Waals surface area contributed by atoms with E-state index in [2.05, 4.69) is 6.92 Å². The molecule has 2 heterocycles. The number of unbranched alkanes of at least 4 members (excludes halogenated alkanes) is 2. The van der Waals surface area contributed by atoms with E-state index in [-0.39, 0.29) is 11.3 Å². The Kier molecular flexibility index (Phi) is 8.26. The molecule has 5 rings (SSSR count). The highest BCUT2D eigenvalue weighted by atomic mass is 32.1. The molecule has 0 bridgehead atoms. The Bertz CT molecular complexity index is 1630. The van der Waals surface area contributed by atoms with Crippen molar-refractivity contribution in [3.8, 4) is 17.2 Å². The zero-order chi connectivity index (χ0) is 29.1. The lowest BCUT2D eigenvalue weighted by Gasteiger charge is -2.24. The number of amides is 1. The van der Waals surface area contributed by atoms with E-state index in [4.69, 9.17) is 19.2 Å². The number of nitrogens with zero attached hydrogens (tertiary/aromatic N) is 2. The second kappa shape index (κ2) is 12.0. The summed E-state index contributed by atoms with van der Waals surface area (Å²) in [6, 6.07) is 16.9. The quantitative estimate of drug-likeness (QED) is 0.0964. The van der Waals surface area contributed by atoms with Gasteiger partial charge < -0.3 is 19.3 Å². The highest BCUT2D eigenvalue weighted by molar-refractivity contribution is 7.22. The number of ether oxygens (including phenoxy) is 3. The van der Waals surface area contributed by atoms with Crippen molar-refractivity contribution in [3.63, 3.8) is 0 Å². The number of hydrogen-bond donors (Lipinski definition) is 1. The number of thiazole rings is 1. The van der Waals surface area contributed by atoms with E-state index < -0.39 is 17.7 Å². The molecule has 41 heavy (non-hydrogen) atoms. The predicted octanol–water partition coefficient (Wildman–Crippen LogP) is 6.82. The first-order valence-corrected chi connectivity index (χ1v) is 14.3. The van der Waals surface area contributed by atoms with Gasteiger partial charge in [-0.2, -0.15) is 0 Å². The van der Waals surface area contributed by atoms with Gasteiger partial charge in [0.25, 0.3) is 5.78 Å². The van der Waals surface area contributed by atoms with Crippen LogP contribution in [0.5, 0.6) is 17.2 Å². The number of carbonyl (C=O) groups excluding carboxylic acids is 2. The van der Waals surface area contributed by atoms with Crippen LogP contribution in [-0.4, -0.2) is 42.6 Å². The Morgan fingerprint density at radius 2 is 1.76 bits per heavy atom. The maximum Gasteiger partial charge on any atom is 0.301 e. The maximum absolute atomic E-state index is 13.6. The maximum atomic E-state index is 13.6. The Balaban J connectivity index is 1.65. The van der Waals surface area contributed by atoms with Gasteiger partial charge in [0.05, 0.1) is 42.7 Å². The van der Waals surface area contributed by atoms with Crippen molar-refractivity contribution in [2.24, 2.45) is 0 Å². The van der Waals surface area contributed by atoms with Crippen molar-refractivity contribution in [3.05, 3.63) is 82.9 Å². The van der Waals surface area contributed by atoms with Gasteiger partial charge in [-0.15, -0.1) is 0 Å². The number of rotatable bonds is 10. The summed E-state index contributed by atoms with van der Waals surface area (Å²) in [6.07, 6.45) is 3.06. The Hall–Kier alpha value is -4.37. The number of aliphatic hydroxyl groups excluding tert-OH is 1. The van der Waals surface area contributed by atoms with E-state index >= 15 is 0 Å². The minimum absolute atomic E-state index is 0.0331. The number of methoxy groups -OCH3 is 2. The molecule has 0 saturated carbocycles. The van der Waals surface area contributed by atoms with Gasteiger partial charge in [-0.3, -0.25) is 14.5 Å². The van der Waals surface area contributed by atoms with Gasteiger partial charge in [0.2, 0.25) is 0 Å². The molecule has 212 valence electrons. The van der Waals surface area contributed by atoms with Gasteiger partial charge in [-0.05, 0) is 73.0 Å². The van der Waals surface area contributed by atoms with Crippen LogP contribution in [0.1, 0.15) is 48.9 Å². The molecule has 1 unspecified atom stereocenters. The SMILES string of the molecule is CCCCCOc1ccc(C2C(=C(O)c3ccc(OC)cc3)C(=O)C(=O)N2c2nc3ccc(C)cc3s2)cc1OC. The fraction of sp³-hybridized carbons (Fsp3) is 0.281. The minimum Gasteiger partial charge on any atom is -0.507 e. The summed E-state index contributed by atoms with van der Waals surface area (Å²) in [6.45, 7) is 4.66. The Labute approximate surface area is 242 Å². The molecular weight excluding hydrogens is 540 g/mol. The number of aryl methyl sites for hydroxylation is 1. The zero-order valence-corrected chi connectivity index (χ0v) is 24.3. The first-order valence-electron chi connectivity index (χ1n) is 13.5. The summed E-state index contributed by atoms with van der Waals surface area (Å²) in [7, 11) is 3.09. The number of Topliss-reactive ketones (excluding diaryl/α,β-unsaturated/α-hetero) is 1. The van der Waals surface area contributed by atoms with Crippen LogP contribution in [0.2, 0.25) is 0 Å². The van der Waals surface area contributed by atoms with E-state index in [9.17, 15) is 14.7 Å². The molecule has 0 radical (unpaired) electrons. The molecular formula is C32H32N2O6S. The fourth-order valence-corrected chi connectivity index (χ4v) is 5.97. The molecule has 1 amide bonds. The molecule has 3 aromatic carbocycles. The van der Waals surface area contributed by atoms with Crippen LogP contribution in [0.15, 0.2) is 66.2 Å². The number of hydrogen-bond acceptors (Lipinski definition) is 8. The van der Waals surface area contributed by atoms with Gasteiger partial charge in [0.1, 0.15) is 11.5 Å². The number of aromatic nitrogens is 1. The molecule has 8 nitrogen and oxygen atoms in total. The minimum atomic E-state index is -0.943. The van der Waals surface area contributed by atoms with Crippen LogP contribution in [0.25, 0.3) is 16.0 Å². The van der Waals surface area contributed by atoms with E-state index in [1.807, 2.05) is 25.1 Å². The number of benzene rings is 3. The summed E-state index contributed by atoms with van der Waals surface area (Å²) in [4.78, 5) is 33.3. The molecule has 1 saturated heterocycles. The lowest BCUT2D eigenvalue weighted by molar-refractivity contribution is -0.132. The average Bonchev–Trinajstić information content (AvgIpc) is 3.52. The van der Waals surface area contributed by atoms with Crippen LogP contribution in [-0.2, 0) is 9.59 Å². The lowest BCUT2D eigenvalue weighted by atomic mass is 9.95. The average molecular weight is 573 g/mol. The van der Waals surface area contributed by atoms with E-state index in [0.717, 1.165) is 35.0 Å².